The first-order valence-electron chi connectivity index (χ1n) is 13.5. The highest BCUT2D eigenvalue weighted by molar-refractivity contribution is 5.67. The molecule has 2 rings (SSSR count). The van der Waals surface area contributed by atoms with Crippen molar-refractivity contribution in [2.45, 2.75) is 124 Å². The zero-order valence-electron chi connectivity index (χ0n) is 24.6. The molecule has 7 heteroatoms. The minimum atomic E-state index is -0.389. The van der Waals surface area contributed by atoms with E-state index in [4.69, 9.17) is 9.53 Å². The summed E-state index contributed by atoms with van der Waals surface area (Å²) in [6.45, 7) is 16.0. The van der Waals surface area contributed by atoms with Gasteiger partial charge < -0.3 is 30.4 Å². The highest BCUT2D eigenvalue weighted by Crippen LogP contribution is 2.38. The van der Waals surface area contributed by atoms with Gasteiger partial charge in [-0.15, -0.1) is 0 Å². The summed E-state index contributed by atoms with van der Waals surface area (Å²) in [4.78, 5) is 18.5. The molecular formula is C29H56N2O5. The second-order valence-electron chi connectivity index (χ2n) is 9.39. The minimum absolute atomic E-state index is 0.130. The van der Waals surface area contributed by atoms with Crippen LogP contribution in [0.25, 0.3) is 0 Å². The van der Waals surface area contributed by atoms with Crippen LogP contribution in [0.3, 0.4) is 0 Å². The Hall–Kier alpha value is -2.28. The van der Waals surface area contributed by atoms with Crippen molar-refractivity contribution in [1.82, 2.24) is 10.6 Å². The Kier molecular flexibility index (Phi) is 25.9. The number of unbranched alkanes of at least 4 members (excludes halogenated alkanes) is 4. The van der Waals surface area contributed by atoms with Gasteiger partial charge in [0.1, 0.15) is 23.9 Å². The van der Waals surface area contributed by atoms with Gasteiger partial charge in [-0.1, -0.05) is 65.9 Å². The average molecular weight is 513 g/mol. The lowest BCUT2D eigenvalue weighted by atomic mass is 9.81. The molecule has 0 aliphatic heterocycles. The number of nitrogens with one attached hydrogen (secondary N) is 2. The average Bonchev–Trinajstić information content (AvgIpc) is 2.87. The normalized spacial score (nSPS) is 16.1. The molecule has 0 atom stereocenters. The number of carbonyl (C=O) groups is 2. The maximum absolute atomic E-state index is 10.5. The van der Waals surface area contributed by atoms with Gasteiger partial charge in [0.25, 0.3) is 0 Å². The van der Waals surface area contributed by atoms with Gasteiger partial charge in [-0.2, -0.15) is 0 Å². The fourth-order valence-corrected chi connectivity index (χ4v) is 3.58. The summed E-state index contributed by atoms with van der Waals surface area (Å²) in [5.41, 5.74) is 0.590. The van der Waals surface area contributed by atoms with Crippen molar-refractivity contribution in [2.24, 2.45) is 0 Å². The first kappa shape index (κ1) is 38.3. The number of hydrogen-bond acceptors (Lipinski definition) is 6. The van der Waals surface area contributed by atoms with Gasteiger partial charge in [0.2, 0.25) is 0 Å². The fourth-order valence-electron chi connectivity index (χ4n) is 3.58. The van der Waals surface area contributed by atoms with Crippen molar-refractivity contribution < 1.29 is 24.5 Å². The first-order chi connectivity index (χ1) is 17.1. The molecule has 0 radical (unpaired) electrons. The van der Waals surface area contributed by atoms with Crippen molar-refractivity contribution in [3.63, 3.8) is 0 Å². The van der Waals surface area contributed by atoms with Crippen LogP contribution >= 0.6 is 0 Å². The molecule has 0 bridgehead atoms. The smallest absolute Gasteiger partial charge is 0.407 e. The summed E-state index contributed by atoms with van der Waals surface area (Å²) in [5.74, 6) is 0.795. The van der Waals surface area contributed by atoms with Crippen LogP contribution in [-0.2, 0) is 9.53 Å². The number of phenolic OH excluding ortho intramolecular Hbond substituents is 2. The first-order valence-corrected chi connectivity index (χ1v) is 13.5. The predicted molar refractivity (Wildman–Crippen MR) is 152 cm³/mol. The molecule has 0 unspecified atom stereocenters. The lowest BCUT2D eigenvalue weighted by Gasteiger charge is -2.28. The molecule has 0 saturated heterocycles. The Labute approximate surface area is 221 Å². The number of hydrogen-bond donors (Lipinski definition) is 4. The van der Waals surface area contributed by atoms with Crippen LogP contribution in [0.5, 0.6) is 11.5 Å². The quantitative estimate of drug-likeness (QED) is 0.298. The minimum Gasteiger partial charge on any atom is -0.508 e. The van der Waals surface area contributed by atoms with E-state index in [1.165, 1.54) is 45.2 Å². The molecule has 0 spiro atoms. The molecule has 1 saturated carbocycles. The Balaban J connectivity index is -0.000000466. The van der Waals surface area contributed by atoms with Gasteiger partial charge in [-0.05, 0) is 71.0 Å². The number of amides is 1. The Bertz CT molecular complexity index is 635. The van der Waals surface area contributed by atoms with Crippen LogP contribution in [-0.4, -0.2) is 48.8 Å². The number of benzene rings is 1. The molecule has 1 aromatic carbocycles. The van der Waals surface area contributed by atoms with E-state index in [0.29, 0.717) is 12.0 Å². The van der Waals surface area contributed by atoms with Crippen LogP contribution in [0.1, 0.15) is 118 Å². The van der Waals surface area contributed by atoms with Crippen LogP contribution in [0.15, 0.2) is 18.2 Å². The van der Waals surface area contributed by atoms with Gasteiger partial charge in [0.05, 0.1) is 0 Å². The van der Waals surface area contributed by atoms with Crippen LogP contribution in [0.4, 0.5) is 4.79 Å². The van der Waals surface area contributed by atoms with E-state index in [2.05, 4.69) is 24.5 Å². The molecule has 36 heavy (non-hydrogen) atoms. The SMILES string of the molecule is C=O.CC.CCCCCCC.CNC(=O)OC(C)(C)C.CNC1CCC(c2ccc(O)cc2O)CC1. The van der Waals surface area contributed by atoms with Gasteiger partial charge in [-0.3, -0.25) is 0 Å². The lowest BCUT2D eigenvalue weighted by molar-refractivity contribution is -0.0980. The van der Waals surface area contributed by atoms with E-state index in [1.54, 1.807) is 6.07 Å². The molecule has 4 N–H and O–H groups in total. The van der Waals surface area contributed by atoms with Crippen LogP contribution < -0.4 is 10.6 Å². The summed E-state index contributed by atoms with van der Waals surface area (Å²) in [5, 5.41) is 24.7. The Morgan fingerprint density at radius 1 is 0.972 bits per heavy atom. The summed E-state index contributed by atoms with van der Waals surface area (Å²) in [6.07, 6.45) is 11.1. The molecule has 7 nitrogen and oxygen atoms in total. The topological polar surface area (TPSA) is 108 Å². The number of aromatic hydroxyl groups is 2. The maximum atomic E-state index is 10.5. The highest BCUT2D eigenvalue weighted by Gasteiger charge is 2.23. The van der Waals surface area contributed by atoms with E-state index in [-0.39, 0.29) is 23.2 Å². The molecule has 0 heterocycles. The van der Waals surface area contributed by atoms with E-state index in [0.717, 1.165) is 31.2 Å². The summed E-state index contributed by atoms with van der Waals surface area (Å²) < 4.78 is 4.84. The van der Waals surface area contributed by atoms with Gasteiger partial charge in [-0.25, -0.2) is 4.79 Å². The maximum Gasteiger partial charge on any atom is 0.407 e. The van der Waals surface area contributed by atoms with Gasteiger partial charge in [0.15, 0.2) is 0 Å². The van der Waals surface area contributed by atoms with E-state index in [9.17, 15) is 15.0 Å². The predicted octanol–water partition coefficient (Wildman–Crippen LogP) is 7.30. The van der Waals surface area contributed by atoms with Gasteiger partial charge in [0, 0.05) is 19.2 Å². The zero-order chi connectivity index (χ0) is 28.6. The molecule has 1 aliphatic rings. The van der Waals surface area contributed by atoms with Crippen LogP contribution in [0.2, 0.25) is 0 Å². The summed E-state index contributed by atoms with van der Waals surface area (Å²) >= 11 is 0. The molecule has 1 amide bonds. The molecule has 1 aliphatic carbocycles. The van der Waals surface area contributed by atoms with Gasteiger partial charge >= 0.3 is 6.09 Å². The number of alkyl carbamates (subject to hydrolysis) is 1. The van der Waals surface area contributed by atoms with Crippen molar-refractivity contribution in [3.8, 4) is 11.5 Å². The van der Waals surface area contributed by atoms with Crippen molar-refractivity contribution in [3.05, 3.63) is 23.8 Å². The summed E-state index contributed by atoms with van der Waals surface area (Å²) in [7, 11) is 3.54. The monoisotopic (exact) mass is 512 g/mol. The third-order valence-corrected chi connectivity index (χ3v) is 5.40. The highest BCUT2D eigenvalue weighted by atomic mass is 16.6. The van der Waals surface area contributed by atoms with E-state index in [1.807, 2.05) is 54.5 Å². The third kappa shape index (κ3) is 21.0. The number of rotatable bonds is 6. The Morgan fingerprint density at radius 3 is 1.81 bits per heavy atom. The zero-order valence-corrected chi connectivity index (χ0v) is 24.6. The molecule has 1 fully saturated rings. The van der Waals surface area contributed by atoms with Crippen molar-refractivity contribution in [2.75, 3.05) is 14.1 Å². The molecule has 0 aromatic heterocycles. The number of carbonyl (C=O) groups excluding carboxylic acids is 2. The standard InChI is InChI=1S/C13H19NO2.C7H16.C6H13NO2.C2H6.CH2O/c1-14-10-4-2-9(3-5-10)12-7-6-11(15)8-13(12)16;1-3-5-7-6-4-2;1-6(2,3)9-5(8)7-4;2*1-2/h6-10,14-16H,2-5H2,1H3;3-7H2,1-2H3;1-4H3,(H,7,8);1-2H3;1H2. The molecule has 212 valence electrons. The summed E-state index contributed by atoms with van der Waals surface area (Å²) in [6, 6.07) is 5.55. The third-order valence-electron chi connectivity index (χ3n) is 5.40. The number of ether oxygens (including phenoxy) is 1. The second-order valence-corrected chi connectivity index (χ2v) is 9.39. The van der Waals surface area contributed by atoms with Crippen molar-refractivity contribution in [1.29, 1.82) is 0 Å². The Morgan fingerprint density at radius 2 is 1.47 bits per heavy atom. The van der Waals surface area contributed by atoms with Crippen molar-refractivity contribution >= 4 is 12.9 Å². The second kappa shape index (κ2) is 24.4. The molecule has 1 aromatic rings. The van der Waals surface area contributed by atoms with Crippen LogP contribution in [0, 0.1) is 0 Å². The molecular weight excluding hydrogens is 456 g/mol. The fraction of sp³-hybridized carbons (Fsp3) is 0.724. The largest absolute Gasteiger partial charge is 0.508 e. The van der Waals surface area contributed by atoms with E-state index >= 15 is 0 Å². The van der Waals surface area contributed by atoms with E-state index < -0.39 is 0 Å². The number of phenols is 2. The lowest BCUT2D eigenvalue weighted by Crippen LogP contribution is -2.30.